The first-order valence-corrected chi connectivity index (χ1v) is 11.9. The molecule has 2 aromatic carbocycles. The van der Waals surface area contributed by atoms with Gasteiger partial charge in [-0.1, -0.05) is 95.5 Å². The number of nitrogens with zero attached hydrogens (tertiary/aromatic N) is 2. The van der Waals surface area contributed by atoms with Crippen LogP contribution in [0.15, 0.2) is 63.8 Å². The van der Waals surface area contributed by atoms with E-state index in [1.54, 1.807) is 34.9 Å². The molecule has 0 atom stereocenters. The summed E-state index contributed by atoms with van der Waals surface area (Å²) in [7, 11) is 0. The maximum absolute atomic E-state index is 5.91. The van der Waals surface area contributed by atoms with E-state index in [0.29, 0.717) is 0 Å². The van der Waals surface area contributed by atoms with Gasteiger partial charge in [0, 0.05) is 16.5 Å². The molecule has 0 bridgehead atoms. The summed E-state index contributed by atoms with van der Waals surface area (Å²) in [6, 6.07) is 16.6. The molecule has 0 N–H and O–H groups in total. The van der Waals surface area contributed by atoms with Crippen molar-refractivity contribution in [3.8, 4) is 0 Å². The highest BCUT2D eigenvalue weighted by Crippen LogP contribution is 2.31. The number of thioether (sulfide) groups is 2. The van der Waals surface area contributed by atoms with E-state index in [9.17, 15) is 0 Å². The van der Waals surface area contributed by atoms with Crippen LogP contribution in [0.25, 0.3) is 6.08 Å². The van der Waals surface area contributed by atoms with Crippen molar-refractivity contribution >= 4 is 52.5 Å². The Morgan fingerprint density at radius 1 is 0.889 bits per heavy atom. The minimum atomic E-state index is 0.799. The fraction of sp³-hybridized carbons (Fsp3) is 0.238. The number of unbranched alkanes of at least 4 members (excludes halogenated alkanes) is 1. The second-order valence-electron chi connectivity index (χ2n) is 6.00. The van der Waals surface area contributed by atoms with Gasteiger partial charge in [0.25, 0.3) is 0 Å². The van der Waals surface area contributed by atoms with E-state index in [2.05, 4.69) is 53.2 Å². The molecule has 0 fully saturated rings. The topological polar surface area (TPSA) is 25.8 Å². The second kappa shape index (κ2) is 10.9. The first-order chi connectivity index (χ1) is 13.2. The summed E-state index contributed by atoms with van der Waals surface area (Å²) in [5.41, 5.74) is 3.78. The molecule has 6 heteroatoms. The molecular formula is C21H21ClN2S3. The van der Waals surface area contributed by atoms with E-state index >= 15 is 0 Å². The predicted molar refractivity (Wildman–Crippen MR) is 121 cm³/mol. The lowest BCUT2D eigenvalue weighted by molar-refractivity contribution is 0.802. The van der Waals surface area contributed by atoms with Crippen molar-refractivity contribution in [3.05, 3.63) is 76.8 Å². The van der Waals surface area contributed by atoms with Crippen LogP contribution in [0.5, 0.6) is 0 Å². The molecule has 3 aromatic rings. The molecular weight excluding hydrogens is 412 g/mol. The highest BCUT2D eigenvalue weighted by atomic mass is 35.5. The number of hydrogen-bond donors (Lipinski definition) is 0. The van der Waals surface area contributed by atoms with Crippen LogP contribution >= 0.6 is 46.5 Å². The Hall–Kier alpha value is -1.27. The summed E-state index contributed by atoms with van der Waals surface area (Å²) in [4.78, 5) is 0. The highest BCUT2D eigenvalue weighted by Gasteiger charge is 2.06. The van der Waals surface area contributed by atoms with Gasteiger partial charge in [0.2, 0.25) is 0 Å². The zero-order chi connectivity index (χ0) is 18.9. The van der Waals surface area contributed by atoms with Crippen LogP contribution in [0.2, 0.25) is 5.02 Å². The van der Waals surface area contributed by atoms with Crippen molar-refractivity contribution in [3.63, 3.8) is 0 Å². The van der Waals surface area contributed by atoms with Gasteiger partial charge in [-0.3, -0.25) is 0 Å². The van der Waals surface area contributed by atoms with Gasteiger partial charge in [-0.25, -0.2) is 0 Å². The van der Waals surface area contributed by atoms with Crippen LogP contribution in [0.4, 0.5) is 0 Å². The van der Waals surface area contributed by atoms with Crippen molar-refractivity contribution in [2.75, 3.05) is 5.75 Å². The van der Waals surface area contributed by atoms with Crippen molar-refractivity contribution in [1.82, 2.24) is 10.2 Å². The quantitative estimate of drug-likeness (QED) is 0.249. The molecule has 140 valence electrons. The summed E-state index contributed by atoms with van der Waals surface area (Å²) >= 11 is 11.2. The minimum absolute atomic E-state index is 0.799. The molecule has 0 spiro atoms. The van der Waals surface area contributed by atoms with Crippen LogP contribution in [-0.2, 0) is 12.2 Å². The second-order valence-corrected chi connectivity index (χ2v) is 9.98. The molecule has 0 aliphatic carbocycles. The van der Waals surface area contributed by atoms with E-state index in [1.165, 1.54) is 24.0 Å². The molecule has 1 heterocycles. The Bertz CT molecular complexity index is 845. The van der Waals surface area contributed by atoms with Crippen LogP contribution in [0, 0.1) is 0 Å². The average Bonchev–Trinajstić information content (AvgIpc) is 3.16. The molecule has 3 rings (SSSR count). The van der Waals surface area contributed by atoms with Crippen LogP contribution < -0.4 is 0 Å². The smallest absolute Gasteiger partial charge is 0.131 e. The number of aryl methyl sites for hydroxylation is 1. The maximum atomic E-state index is 5.91. The molecule has 27 heavy (non-hydrogen) atoms. The Labute approximate surface area is 178 Å². The van der Waals surface area contributed by atoms with Crippen molar-refractivity contribution in [2.45, 2.75) is 33.7 Å². The first kappa shape index (κ1) is 20.5. The standard InChI is InChI=1S/C21H21ClN2S3/c1-2-16-6-8-18(9-7-16)15-26-21-24-23-20(27-21)25-14-4-3-5-17-10-12-19(22)13-11-17/h2,6-13H,1,3-5,14-15H2. The Morgan fingerprint density at radius 3 is 2.26 bits per heavy atom. The zero-order valence-corrected chi connectivity index (χ0v) is 18.1. The summed E-state index contributed by atoms with van der Waals surface area (Å²) in [5.74, 6) is 1.99. The van der Waals surface area contributed by atoms with Gasteiger partial charge in [0.15, 0.2) is 8.68 Å². The van der Waals surface area contributed by atoms with Gasteiger partial charge in [0.1, 0.15) is 0 Å². The van der Waals surface area contributed by atoms with Crippen molar-refractivity contribution in [1.29, 1.82) is 0 Å². The SMILES string of the molecule is C=Cc1ccc(CSc2nnc(SCCCCc3ccc(Cl)cc3)s2)cc1. The molecule has 0 aliphatic rings. The molecule has 0 saturated carbocycles. The molecule has 0 amide bonds. The third-order valence-corrected chi connectivity index (χ3v) is 7.56. The average molecular weight is 433 g/mol. The summed E-state index contributed by atoms with van der Waals surface area (Å²) in [6.45, 7) is 3.78. The van der Waals surface area contributed by atoms with Gasteiger partial charge < -0.3 is 0 Å². The van der Waals surface area contributed by atoms with E-state index < -0.39 is 0 Å². The van der Waals surface area contributed by atoms with E-state index in [-0.39, 0.29) is 0 Å². The van der Waals surface area contributed by atoms with Gasteiger partial charge in [-0.15, -0.1) is 10.2 Å². The first-order valence-electron chi connectivity index (χ1n) is 8.78. The summed E-state index contributed by atoms with van der Waals surface area (Å²) < 4.78 is 2.09. The molecule has 0 saturated heterocycles. The lowest BCUT2D eigenvalue weighted by Crippen LogP contribution is -1.87. The predicted octanol–water partition coefficient (Wildman–Crippen LogP) is 7.24. The monoisotopic (exact) mass is 432 g/mol. The van der Waals surface area contributed by atoms with Gasteiger partial charge in [0.05, 0.1) is 0 Å². The largest absolute Gasteiger partial charge is 0.175 e. The number of hydrogen-bond acceptors (Lipinski definition) is 5. The van der Waals surface area contributed by atoms with Crippen molar-refractivity contribution < 1.29 is 0 Å². The number of aromatic nitrogens is 2. The molecule has 2 nitrogen and oxygen atoms in total. The summed E-state index contributed by atoms with van der Waals surface area (Å²) in [5, 5.41) is 9.40. The van der Waals surface area contributed by atoms with E-state index in [4.69, 9.17) is 11.6 Å². The Balaban J connectivity index is 1.35. The van der Waals surface area contributed by atoms with E-state index in [0.717, 1.165) is 37.2 Å². The molecule has 0 unspecified atom stereocenters. The maximum Gasteiger partial charge on any atom is 0.175 e. The Kier molecular flexibility index (Phi) is 8.27. The lowest BCUT2D eigenvalue weighted by Gasteiger charge is -2.01. The fourth-order valence-corrected chi connectivity index (χ4v) is 5.62. The van der Waals surface area contributed by atoms with Crippen LogP contribution in [0.1, 0.15) is 29.5 Å². The third kappa shape index (κ3) is 7.00. The highest BCUT2D eigenvalue weighted by molar-refractivity contribution is 8.02. The van der Waals surface area contributed by atoms with Gasteiger partial charge >= 0.3 is 0 Å². The van der Waals surface area contributed by atoms with Crippen LogP contribution in [-0.4, -0.2) is 16.0 Å². The fourth-order valence-electron chi connectivity index (χ4n) is 2.45. The number of benzene rings is 2. The normalized spacial score (nSPS) is 10.9. The minimum Gasteiger partial charge on any atom is -0.131 e. The third-order valence-electron chi connectivity index (χ3n) is 3.96. The van der Waals surface area contributed by atoms with Crippen molar-refractivity contribution in [2.24, 2.45) is 0 Å². The van der Waals surface area contributed by atoms with Gasteiger partial charge in [-0.05, 0) is 48.1 Å². The lowest BCUT2D eigenvalue weighted by atomic mass is 10.1. The number of halogens is 1. The summed E-state index contributed by atoms with van der Waals surface area (Å²) in [6.07, 6.45) is 5.31. The molecule has 0 aliphatic heterocycles. The molecule has 0 radical (unpaired) electrons. The van der Waals surface area contributed by atoms with Crippen LogP contribution in [0.3, 0.4) is 0 Å². The van der Waals surface area contributed by atoms with Gasteiger partial charge in [-0.2, -0.15) is 0 Å². The Morgan fingerprint density at radius 2 is 1.56 bits per heavy atom. The number of rotatable bonds is 10. The van der Waals surface area contributed by atoms with E-state index in [1.807, 2.05) is 18.2 Å². The zero-order valence-electron chi connectivity index (χ0n) is 14.9. The molecule has 1 aromatic heterocycles.